The fourth-order valence-corrected chi connectivity index (χ4v) is 12.9. The highest BCUT2D eigenvalue weighted by Crippen LogP contribution is 2.19. The van der Waals surface area contributed by atoms with Gasteiger partial charge in [0, 0.05) is 57.9 Å². The molecule has 1 aliphatic heterocycles. The van der Waals surface area contributed by atoms with Crippen LogP contribution in [0.5, 0.6) is 0 Å². The van der Waals surface area contributed by atoms with Gasteiger partial charge >= 0.3 is 23.9 Å². The molecular formula is C76H148N4O8. The molecule has 0 aromatic heterocycles. The first-order valence-electron chi connectivity index (χ1n) is 38.7. The monoisotopic (exact) mass is 1250 g/mol. The Balaban J connectivity index is 2.68. The molecular weight excluding hydrogens is 1100 g/mol. The Morgan fingerprint density at radius 1 is 0.284 bits per heavy atom. The number of carbonyl (C=O) groups is 4. The molecule has 1 aliphatic rings. The van der Waals surface area contributed by atoms with Gasteiger partial charge in [0.05, 0.1) is 52.1 Å². The van der Waals surface area contributed by atoms with Crippen molar-refractivity contribution in [3.05, 3.63) is 0 Å². The molecule has 12 nitrogen and oxygen atoms in total. The minimum atomic E-state index is -0.141. The van der Waals surface area contributed by atoms with Crippen molar-refractivity contribution in [1.82, 2.24) is 19.6 Å². The Kier molecular flexibility index (Phi) is 61.7. The lowest BCUT2D eigenvalue weighted by Crippen LogP contribution is -2.57. The van der Waals surface area contributed by atoms with E-state index in [1.54, 1.807) is 0 Å². The van der Waals surface area contributed by atoms with E-state index in [4.69, 9.17) is 18.9 Å². The van der Waals surface area contributed by atoms with E-state index >= 15 is 0 Å². The largest absolute Gasteiger partial charge is 0.466 e. The van der Waals surface area contributed by atoms with Gasteiger partial charge in [-0.2, -0.15) is 0 Å². The van der Waals surface area contributed by atoms with Gasteiger partial charge in [0.25, 0.3) is 0 Å². The van der Waals surface area contributed by atoms with Crippen LogP contribution in [0.4, 0.5) is 0 Å². The molecule has 1 heterocycles. The third-order valence-corrected chi connectivity index (χ3v) is 18.6. The number of nitrogens with zero attached hydrogens (tertiary/aromatic N) is 4. The van der Waals surface area contributed by atoms with E-state index in [0.29, 0.717) is 90.4 Å². The van der Waals surface area contributed by atoms with Gasteiger partial charge in [-0.05, 0) is 72.0 Å². The molecule has 12 heteroatoms. The molecule has 0 aliphatic carbocycles. The minimum Gasteiger partial charge on any atom is -0.466 e. The molecule has 0 amide bonds. The molecule has 1 fully saturated rings. The van der Waals surface area contributed by atoms with Crippen molar-refractivity contribution in [2.24, 2.45) is 0 Å². The number of carbonyl (C=O) groups excluding carboxylic acids is 4. The summed E-state index contributed by atoms with van der Waals surface area (Å²) >= 11 is 0. The van der Waals surface area contributed by atoms with Gasteiger partial charge in [0.2, 0.25) is 0 Å². The summed E-state index contributed by atoms with van der Waals surface area (Å²) in [6, 6.07) is 0.768. The predicted octanol–water partition coefficient (Wildman–Crippen LogP) is 19.7. The molecule has 0 radical (unpaired) electrons. The Morgan fingerprint density at radius 2 is 0.489 bits per heavy atom. The average Bonchev–Trinajstić information content (AvgIpc) is 3.71. The molecule has 0 unspecified atom stereocenters. The molecule has 0 aromatic rings. The van der Waals surface area contributed by atoms with Crippen molar-refractivity contribution >= 4 is 23.9 Å². The second-order valence-corrected chi connectivity index (χ2v) is 27.1. The van der Waals surface area contributed by atoms with Gasteiger partial charge in [-0.3, -0.25) is 24.1 Å². The standard InChI is InChI=1S/C76H148N4O8/c1-7-11-15-19-23-27-31-35-39-43-47-65-85-73(81)53-61-77(62-54-74(82)86-66-48-44-40-36-32-28-24-20-16-12-8-2)57-51-59-79-69-71(5)80(72(6)70-79)60-52-58-78(63-55-75(83)87-67-49-45-41-37-33-29-25-21-17-13-9-3)64-56-76(84)88-68-50-46-42-38-34-30-26-22-18-14-10-4/h71-72H,7-70H2,1-6H3/t71-,72-/m1/s1. The highest BCUT2D eigenvalue weighted by atomic mass is 16.5. The highest BCUT2D eigenvalue weighted by molar-refractivity contribution is 5.71. The van der Waals surface area contributed by atoms with Gasteiger partial charge < -0.3 is 33.6 Å². The van der Waals surface area contributed by atoms with Crippen LogP contribution >= 0.6 is 0 Å². The van der Waals surface area contributed by atoms with Crippen molar-refractivity contribution in [2.75, 3.05) is 91.9 Å². The Bertz CT molecular complexity index is 1440. The Labute approximate surface area is 545 Å². The number of unbranched alkanes of at least 4 members (excludes halogenated alkanes) is 40. The lowest BCUT2D eigenvalue weighted by atomic mass is 10.1. The summed E-state index contributed by atoms with van der Waals surface area (Å²) in [6.45, 7) is 23.6. The first kappa shape index (κ1) is 83.7. The van der Waals surface area contributed by atoms with Gasteiger partial charge in [-0.15, -0.1) is 0 Å². The van der Waals surface area contributed by atoms with Crippen LogP contribution in [0.25, 0.3) is 0 Å². The van der Waals surface area contributed by atoms with E-state index < -0.39 is 0 Å². The molecule has 0 N–H and O–H groups in total. The molecule has 1 rings (SSSR count). The summed E-state index contributed by atoms with van der Waals surface area (Å²) in [5.41, 5.74) is 0. The van der Waals surface area contributed by atoms with Crippen LogP contribution in [-0.2, 0) is 38.1 Å². The van der Waals surface area contributed by atoms with E-state index in [-0.39, 0.29) is 23.9 Å². The molecule has 1 saturated heterocycles. The van der Waals surface area contributed by atoms with E-state index in [9.17, 15) is 19.2 Å². The van der Waals surface area contributed by atoms with Crippen LogP contribution in [0.15, 0.2) is 0 Å². The van der Waals surface area contributed by atoms with Crippen molar-refractivity contribution in [3.63, 3.8) is 0 Å². The quantitative estimate of drug-likeness (QED) is 0.0328. The van der Waals surface area contributed by atoms with Crippen LogP contribution in [-0.4, -0.2) is 147 Å². The van der Waals surface area contributed by atoms with Crippen molar-refractivity contribution in [2.45, 2.75) is 375 Å². The molecule has 0 saturated carbocycles. The summed E-state index contributed by atoms with van der Waals surface area (Å²) in [7, 11) is 0. The Morgan fingerprint density at radius 3 is 0.716 bits per heavy atom. The summed E-state index contributed by atoms with van der Waals surface area (Å²) in [5.74, 6) is -0.563. The average molecular weight is 1250 g/mol. The number of piperazine rings is 1. The number of rotatable bonds is 68. The molecule has 88 heavy (non-hydrogen) atoms. The first-order chi connectivity index (χ1) is 43.1. The number of ether oxygens (including phenoxy) is 4. The van der Waals surface area contributed by atoms with Crippen LogP contribution in [0.1, 0.15) is 363 Å². The summed E-state index contributed by atoms with van der Waals surface area (Å²) in [5, 5.41) is 0. The fraction of sp³-hybridized carbons (Fsp3) is 0.947. The third kappa shape index (κ3) is 55.4. The summed E-state index contributed by atoms with van der Waals surface area (Å²) in [4.78, 5) is 61.7. The maximum Gasteiger partial charge on any atom is 0.307 e. The highest BCUT2D eigenvalue weighted by Gasteiger charge is 2.29. The smallest absolute Gasteiger partial charge is 0.307 e. The Hall–Kier alpha value is -2.28. The van der Waals surface area contributed by atoms with E-state index in [1.807, 2.05) is 0 Å². The van der Waals surface area contributed by atoms with Crippen molar-refractivity contribution in [1.29, 1.82) is 0 Å². The number of hydrogen-bond acceptors (Lipinski definition) is 12. The zero-order chi connectivity index (χ0) is 63.9. The van der Waals surface area contributed by atoms with E-state index in [0.717, 1.165) is 103 Å². The molecule has 2 atom stereocenters. The number of hydrogen-bond donors (Lipinski definition) is 0. The zero-order valence-electron chi connectivity index (χ0n) is 59.5. The van der Waals surface area contributed by atoms with Crippen molar-refractivity contribution in [3.8, 4) is 0 Å². The van der Waals surface area contributed by atoms with Crippen molar-refractivity contribution < 1.29 is 38.1 Å². The minimum absolute atomic E-state index is 0.141. The molecule has 520 valence electrons. The predicted molar refractivity (Wildman–Crippen MR) is 372 cm³/mol. The van der Waals surface area contributed by atoms with Gasteiger partial charge in [0.1, 0.15) is 0 Å². The van der Waals surface area contributed by atoms with Gasteiger partial charge in [0.15, 0.2) is 0 Å². The maximum atomic E-state index is 13.0. The van der Waals surface area contributed by atoms with Crippen LogP contribution in [0, 0.1) is 0 Å². The molecule has 0 spiro atoms. The van der Waals surface area contributed by atoms with E-state index in [1.165, 1.54) is 231 Å². The van der Waals surface area contributed by atoms with Crippen LogP contribution < -0.4 is 0 Å². The van der Waals surface area contributed by atoms with Gasteiger partial charge in [-0.25, -0.2) is 0 Å². The summed E-state index contributed by atoms with van der Waals surface area (Å²) < 4.78 is 22.9. The fourth-order valence-electron chi connectivity index (χ4n) is 12.9. The third-order valence-electron chi connectivity index (χ3n) is 18.6. The van der Waals surface area contributed by atoms with E-state index in [2.05, 4.69) is 61.1 Å². The maximum absolute atomic E-state index is 13.0. The number of esters is 4. The van der Waals surface area contributed by atoms with Crippen LogP contribution in [0.2, 0.25) is 0 Å². The second-order valence-electron chi connectivity index (χ2n) is 27.1. The van der Waals surface area contributed by atoms with Gasteiger partial charge in [-0.1, -0.05) is 285 Å². The molecule has 0 bridgehead atoms. The zero-order valence-corrected chi connectivity index (χ0v) is 59.5. The molecule has 0 aromatic carbocycles. The second kappa shape index (κ2) is 64.8. The lowest BCUT2D eigenvalue weighted by molar-refractivity contribution is -0.146. The normalized spacial score (nSPS) is 14.8. The topological polar surface area (TPSA) is 118 Å². The SMILES string of the molecule is CCCCCCCCCCCCCOC(=O)CCN(CCCN1C[C@@H](C)N(CCCN(CCC(=O)OCCCCCCCCCCCCC)CCC(=O)OCCCCCCCCCCCCC)[C@H](C)C1)CCC(=O)OCCCCCCCCCCCCC. The van der Waals surface area contributed by atoms with Crippen LogP contribution in [0.3, 0.4) is 0 Å². The summed E-state index contributed by atoms with van der Waals surface area (Å²) in [6.07, 6.45) is 59.0. The lowest BCUT2D eigenvalue weighted by Gasteiger charge is -2.45. The first-order valence-corrected chi connectivity index (χ1v) is 38.7.